The van der Waals surface area contributed by atoms with Crippen LogP contribution in [0.2, 0.25) is 0 Å². The summed E-state index contributed by atoms with van der Waals surface area (Å²) >= 11 is 0. The van der Waals surface area contributed by atoms with E-state index < -0.39 is 0 Å². The molecule has 1 aromatic rings. The number of carbonyl (C=O) groups is 1. The third-order valence-corrected chi connectivity index (χ3v) is 5.35. The quantitative estimate of drug-likeness (QED) is 0.816. The topological polar surface area (TPSA) is 29.5 Å². The second-order valence-corrected chi connectivity index (χ2v) is 7.56. The van der Waals surface area contributed by atoms with Gasteiger partial charge in [-0.15, -0.1) is 0 Å². The van der Waals surface area contributed by atoms with Gasteiger partial charge in [-0.1, -0.05) is 39.8 Å². The summed E-state index contributed by atoms with van der Waals surface area (Å²) < 4.78 is 5.25. The molecule has 0 radical (unpaired) electrons. The summed E-state index contributed by atoms with van der Waals surface area (Å²) in [6.07, 6.45) is 3.32. The molecule has 128 valence electrons. The van der Waals surface area contributed by atoms with Crippen LogP contribution in [0.3, 0.4) is 0 Å². The van der Waals surface area contributed by atoms with Gasteiger partial charge in [0, 0.05) is 19.0 Å². The molecule has 2 rings (SSSR count). The third-order valence-electron chi connectivity index (χ3n) is 5.35. The van der Waals surface area contributed by atoms with Crippen molar-refractivity contribution >= 4 is 5.91 Å². The predicted molar refractivity (Wildman–Crippen MR) is 94.6 cm³/mol. The van der Waals surface area contributed by atoms with E-state index in [4.69, 9.17) is 4.74 Å². The van der Waals surface area contributed by atoms with Crippen molar-refractivity contribution in [2.24, 2.45) is 17.3 Å². The van der Waals surface area contributed by atoms with Gasteiger partial charge in [-0.3, -0.25) is 4.79 Å². The lowest BCUT2D eigenvalue weighted by molar-refractivity contribution is -0.139. The number of piperidine rings is 1. The lowest BCUT2D eigenvalue weighted by Crippen LogP contribution is -2.50. The lowest BCUT2D eigenvalue weighted by atomic mass is 9.67. The van der Waals surface area contributed by atoms with E-state index in [1.54, 1.807) is 7.11 Å². The van der Waals surface area contributed by atoms with E-state index in [0.717, 1.165) is 31.7 Å². The minimum Gasteiger partial charge on any atom is -0.497 e. The van der Waals surface area contributed by atoms with Crippen molar-refractivity contribution in [2.75, 3.05) is 20.2 Å². The van der Waals surface area contributed by atoms with Gasteiger partial charge in [0.2, 0.25) is 5.91 Å². The Hall–Kier alpha value is -1.51. The van der Waals surface area contributed by atoms with Crippen molar-refractivity contribution in [1.29, 1.82) is 0 Å². The number of amides is 1. The third kappa shape index (κ3) is 4.07. The minimum atomic E-state index is 0.0824. The number of ether oxygens (including phenoxy) is 1. The van der Waals surface area contributed by atoms with Crippen LogP contribution in [0.15, 0.2) is 24.3 Å². The van der Waals surface area contributed by atoms with Crippen molar-refractivity contribution in [3.05, 3.63) is 29.8 Å². The molecule has 23 heavy (non-hydrogen) atoms. The summed E-state index contributed by atoms with van der Waals surface area (Å²) in [4.78, 5) is 14.5. The summed E-state index contributed by atoms with van der Waals surface area (Å²) in [5.41, 5.74) is 1.51. The molecule has 3 nitrogen and oxygen atoms in total. The number of hydrogen-bond acceptors (Lipinski definition) is 2. The fourth-order valence-corrected chi connectivity index (χ4v) is 3.68. The smallest absolute Gasteiger partial charge is 0.225 e. The van der Waals surface area contributed by atoms with E-state index in [0.29, 0.717) is 11.8 Å². The molecular weight excluding hydrogens is 286 g/mol. The van der Waals surface area contributed by atoms with Crippen LogP contribution in [0.5, 0.6) is 5.75 Å². The van der Waals surface area contributed by atoms with Gasteiger partial charge in [-0.2, -0.15) is 0 Å². The second kappa shape index (κ2) is 7.37. The summed E-state index contributed by atoms with van der Waals surface area (Å²) in [5.74, 6) is 1.82. The highest BCUT2D eigenvalue weighted by atomic mass is 16.5. The molecule has 1 aliphatic heterocycles. The van der Waals surface area contributed by atoms with Gasteiger partial charge >= 0.3 is 0 Å². The number of methoxy groups -OCH3 is 1. The molecule has 3 heteroatoms. The van der Waals surface area contributed by atoms with Crippen molar-refractivity contribution in [3.8, 4) is 5.75 Å². The Morgan fingerprint density at radius 1 is 1.22 bits per heavy atom. The Morgan fingerprint density at radius 3 is 2.39 bits per heavy atom. The molecule has 0 spiro atoms. The van der Waals surface area contributed by atoms with Crippen LogP contribution in [0.25, 0.3) is 0 Å². The van der Waals surface area contributed by atoms with Crippen LogP contribution in [-0.2, 0) is 11.2 Å². The molecule has 1 aromatic carbocycles. The van der Waals surface area contributed by atoms with E-state index >= 15 is 0 Å². The average Bonchev–Trinajstić information content (AvgIpc) is 2.54. The first-order valence-corrected chi connectivity index (χ1v) is 8.79. The number of hydrogen-bond donors (Lipinski definition) is 0. The Balaban J connectivity index is 2.19. The zero-order chi connectivity index (χ0) is 17.0. The molecule has 0 saturated carbocycles. The van der Waals surface area contributed by atoms with E-state index in [2.05, 4.69) is 30.9 Å². The minimum absolute atomic E-state index is 0.0824. The maximum Gasteiger partial charge on any atom is 0.225 e. The van der Waals surface area contributed by atoms with Crippen molar-refractivity contribution in [1.82, 2.24) is 4.90 Å². The molecule has 0 aliphatic carbocycles. The standard InChI is InChI=1S/C20H31NO2/c1-15(2)19(22)21-12-6-11-20(14-21,16(3)4)13-17-7-9-18(23-5)10-8-17/h7-10,15-16H,6,11-14H2,1-5H3/t20-/m0/s1. The lowest BCUT2D eigenvalue weighted by Gasteiger charge is -2.46. The molecule has 1 heterocycles. The molecule has 0 aromatic heterocycles. The SMILES string of the molecule is COc1ccc(C[C@@]2(C(C)C)CCCN(C(=O)C(C)C)C2)cc1. The number of rotatable bonds is 5. The molecule has 0 unspecified atom stereocenters. The molecule has 1 amide bonds. The zero-order valence-corrected chi connectivity index (χ0v) is 15.3. The highest BCUT2D eigenvalue weighted by Gasteiger charge is 2.40. The second-order valence-electron chi connectivity index (χ2n) is 7.56. The van der Waals surface area contributed by atoms with E-state index in [9.17, 15) is 4.79 Å². The number of benzene rings is 1. The Bertz CT molecular complexity index is 521. The molecule has 0 bridgehead atoms. The summed E-state index contributed by atoms with van der Waals surface area (Å²) in [5, 5.41) is 0. The van der Waals surface area contributed by atoms with E-state index in [1.165, 1.54) is 12.0 Å². The zero-order valence-electron chi connectivity index (χ0n) is 15.3. The van der Waals surface area contributed by atoms with Crippen LogP contribution in [-0.4, -0.2) is 31.0 Å². The van der Waals surface area contributed by atoms with Gasteiger partial charge in [0.25, 0.3) is 0 Å². The molecular formula is C20H31NO2. The molecule has 0 N–H and O–H groups in total. The summed E-state index contributed by atoms with van der Waals surface area (Å²) in [7, 11) is 1.70. The van der Waals surface area contributed by atoms with Gasteiger partial charge in [-0.05, 0) is 48.3 Å². The van der Waals surface area contributed by atoms with Crippen LogP contribution in [0, 0.1) is 17.3 Å². The monoisotopic (exact) mass is 317 g/mol. The average molecular weight is 317 g/mol. The van der Waals surface area contributed by atoms with Crippen molar-refractivity contribution < 1.29 is 9.53 Å². The Labute approximate surface area is 141 Å². The number of carbonyl (C=O) groups excluding carboxylic acids is 1. The van der Waals surface area contributed by atoms with Crippen LogP contribution in [0.1, 0.15) is 46.1 Å². The molecule has 1 saturated heterocycles. The first kappa shape index (κ1) is 17.8. The van der Waals surface area contributed by atoms with Crippen LogP contribution in [0.4, 0.5) is 0 Å². The maximum absolute atomic E-state index is 12.5. The fraction of sp³-hybridized carbons (Fsp3) is 0.650. The fourth-order valence-electron chi connectivity index (χ4n) is 3.68. The number of nitrogens with zero attached hydrogens (tertiary/aromatic N) is 1. The molecule has 1 fully saturated rings. The highest BCUT2D eigenvalue weighted by molar-refractivity contribution is 5.78. The van der Waals surface area contributed by atoms with Crippen LogP contribution < -0.4 is 4.74 Å². The van der Waals surface area contributed by atoms with Crippen LogP contribution >= 0.6 is 0 Å². The van der Waals surface area contributed by atoms with Crippen molar-refractivity contribution in [3.63, 3.8) is 0 Å². The predicted octanol–water partition coefficient (Wildman–Crippen LogP) is 4.16. The summed E-state index contributed by atoms with van der Waals surface area (Å²) in [6, 6.07) is 8.38. The van der Waals surface area contributed by atoms with Gasteiger partial charge in [0.05, 0.1) is 7.11 Å². The van der Waals surface area contributed by atoms with Crippen molar-refractivity contribution in [2.45, 2.75) is 47.0 Å². The van der Waals surface area contributed by atoms with E-state index in [1.807, 2.05) is 26.0 Å². The molecule has 1 aliphatic rings. The number of likely N-dealkylation sites (tertiary alicyclic amines) is 1. The highest BCUT2D eigenvalue weighted by Crippen LogP contribution is 2.41. The van der Waals surface area contributed by atoms with Gasteiger partial charge in [0.15, 0.2) is 0 Å². The Kier molecular flexibility index (Phi) is 5.72. The van der Waals surface area contributed by atoms with E-state index in [-0.39, 0.29) is 11.3 Å². The largest absolute Gasteiger partial charge is 0.497 e. The van der Waals surface area contributed by atoms with Gasteiger partial charge < -0.3 is 9.64 Å². The molecule has 1 atom stereocenters. The Morgan fingerprint density at radius 2 is 1.87 bits per heavy atom. The first-order chi connectivity index (χ1) is 10.9. The van der Waals surface area contributed by atoms with Gasteiger partial charge in [-0.25, -0.2) is 0 Å². The maximum atomic E-state index is 12.5. The normalized spacial score (nSPS) is 21.8. The summed E-state index contributed by atoms with van der Waals surface area (Å²) in [6.45, 7) is 10.4. The first-order valence-electron chi connectivity index (χ1n) is 8.79. The van der Waals surface area contributed by atoms with Gasteiger partial charge in [0.1, 0.15) is 5.75 Å².